The van der Waals surface area contributed by atoms with Gasteiger partial charge in [-0.1, -0.05) is 32.1 Å². The number of hydrogen-bond donors (Lipinski definition) is 0. The summed E-state index contributed by atoms with van der Waals surface area (Å²) in [5, 5.41) is 0. The first-order chi connectivity index (χ1) is 10.6. The minimum atomic E-state index is -0.930. The predicted molar refractivity (Wildman–Crippen MR) is 84.8 cm³/mol. The van der Waals surface area contributed by atoms with E-state index >= 15 is 0 Å². The van der Waals surface area contributed by atoms with E-state index in [1.807, 2.05) is 6.92 Å². The van der Waals surface area contributed by atoms with Crippen LogP contribution in [0.1, 0.15) is 57.9 Å². The number of benzene rings is 1. The third kappa shape index (κ3) is 4.47. The van der Waals surface area contributed by atoms with Gasteiger partial charge in [-0.3, -0.25) is 0 Å². The van der Waals surface area contributed by atoms with Crippen molar-refractivity contribution in [3.05, 3.63) is 29.3 Å². The molecule has 22 heavy (non-hydrogen) atoms. The molecule has 120 valence electrons. The molecular formula is C19H24F2O. The molecule has 0 aromatic heterocycles. The van der Waals surface area contributed by atoms with Gasteiger partial charge in [0.25, 0.3) is 0 Å². The van der Waals surface area contributed by atoms with Crippen LogP contribution in [0, 0.1) is 35.3 Å². The van der Waals surface area contributed by atoms with E-state index in [9.17, 15) is 8.78 Å². The molecule has 1 fully saturated rings. The lowest BCUT2D eigenvalue weighted by atomic mass is 9.83. The normalized spacial score (nSPS) is 21.1. The minimum absolute atomic E-state index is 0.0250. The standard InChI is InChI=1S/C19H24F2O/c1-3-4-13-22-17-12-11-16(18(20)19(17)21)10-9-15-7-5-14(2)6-8-15/h11-12,14-15H,3-8,13H2,1-2H3/t14-,15-. The Morgan fingerprint density at radius 1 is 1.14 bits per heavy atom. The van der Waals surface area contributed by atoms with Gasteiger partial charge in [0.15, 0.2) is 11.6 Å². The first kappa shape index (κ1) is 16.8. The van der Waals surface area contributed by atoms with Crippen molar-refractivity contribution >= 4 is 0 Å². The third-order valence-corrected chi connectivity index (χ3v) is 4.23. The van der Waals surface area contributed by atoms with Crippen LogP contribution in [0.4, 0.5) is 8.78 Å². The van der Waals surface area contributed by atoms with E-state index in [-0.39, 0.29) is 11.3 Å². The molecule has 1 aromatic carbocycles. The highest BCUT2D eigenvalue weighted by molar-refractivity contribution is 5.41. The van der Waals surface area contributed by atoms with Gasteiger partial charge in [-0.05, 0) is 50.2 Å². The Labute approximate surface area is 132 Å². The highest BCUT2D eigenvalue weighted by Gasteiger charge is 2.17. The van der Waals surface area contributed by atoms with Gasteiger partial charge < -0.3 is 4.74 Å². The zero-order valence-corrected chi connectivity index (χ0v) is 13.4. The van der Waals surface area contributed by atoms with Crippen molar-refractivity contribution in [1.82, 2.24) is 0 Å². The van der Waals surface area contributed by atoms with Gasteiger partial charge in [0.2, 0.25) is 5.82 Å². The lowest BCUT2D eigenvalue weighted by Crippen LogP contribution is -2.10. The molecule has 0 amide bonds. The van der Waals surface area contributed by atoms with Crippen LogP contribution in [0.3, 0.4) is 0 Å². The van der Waals surface area contributed by atoms with Crippen LogP contribution in [-0.2, 0) is 0 Å². The number of hydrogen-bond acceptors (Lipinski definition) is 1. The Hall–Kier alpha value is -1.56. The summed E-state index contributed by atoms with van der Waals surface area (Å²) in [5.74, 6) is 5.12. The quantitative estimate of drug-likeness (QED) is 0.540. The number of unbranched alkanes of at least 4 members (excludes halogenated alkanes) is 1. The highest BCUT2D eigenvalue weighted by atomic mass is 19.2. The maximum atomic E-state index is 14.0. The molecule has 1 aliphatic carbocycles. The SMILES string of the molecule is CCCCOc1ccc(C#C[C@H]2CC[C@H](C)CC2)c(F)c1F. The first-order valence-corrected chi connectivity index (χ1v) is 8.24. The highest BCUT2D eigenvalue weighted by Crippen LogP contribution is 2.28. The molecule has 0 heterocycles. The predicted octanol–water partition coefficient (Wildman–Crippen LogP) is 5.32. The van der Waals surface area contributed by atoms with Gasteiger partial charge in [0, 0.05) is 5.92 Å². The number of halogens is 2. The molecular weight excluding hydrogens is 282 g/mol. The fourth-order valence-corrected chi connectivity index (χ4v) is 2.65. The molecule has 0 radical (unpaired) electrons. The molecule has 1 nitrogen and oxygen atoms in total. The van der Waals surface area contributed by atoms with Crippen LogP contribution in [0.5, 0.6) is 5.75 Å². The molecule has 0 N–H and O–H groups in total. The average Bonchev–Trinajstić information content (AvgIpc) is 2.52. The van der Waals surface area contributed by atoms with Gasteiger partial charge in [0.1, 0.15) is 0 Å². The molecule has 0 saturated heterocycles. The monoisotopic (exact) mass is 306 g/mol. The molecule has 0 spiro atoms. The van der Waals surface area contributed by atoms with Gasteiger partial charge in [0.05, 0.1) is 12.2 Å². The molecule has 0 atom stereocenters. The smallest absolute Gasteiger partial charge is 0.201 e. The van der Waals surface area contributed by atoms with Crippen molar-refractivity contribution in [3.63, 3.8) is 0 Å². The summed E-state index contributed by atoms with van der Waals surface area (Å²) in [5.41, 5.74) is 0.124. The van der Waals surface area contributed by atoms with E-state index in [0.717, 1.165) is 31.6 Å². The maximum absolute atomic E-state index is 14.0. The Morgan fingerprint density at radius 2 is 1.86 bits per heavy atom. The molecule has 2 rings (SSSR count). The van der Waals surface area contributed by atoms with E-state index < -0.39 is 11.6 Å². The summed E-state index contributed by atoms with van der Waals surface area (Å²) in [7, 11) is 0. The van der Waals surface area contributed by atoms with E-state index in [0.29, 0.717) is 12.5 Å². The first-order valence-electron chi connectivity index (χ1n) is 8.24. The van der Waals surface area contributed by atoms with Crippen molar-refractivity contribution in [2.24, 2.45) is 11.8 Å². The second-order valence-corrected chi connectivity index (χ2v) is 6.17. The Balaban J connectivity index is 2.05. The van der Waals surface area contributed by atoms with Crippen LogP contribution in [0.15, 0.2) is 12.1 Å². The van der Waals surface area contributed by atoms with Crippen LogP contribution in [-0.4, -0.2) is 6.61 Å². The zero-order valence-electron chi connectivity index (χ0n) is 13.4. The number of rotatable bonds is 4. The summed E-state index contributed by atoms with van der Waals surface area (Å²) < 4.78 is 33.2. The van der Waals surface area contributed by atoms with E-state index in [2.05, 4.69) is 18.8 Å². The average molecular weight is 306 g/mol. The third-order valence-electron chi connectivity index (χ3n) is 4.23. The number of ether oxygens (including phenoxy) is 1. The van der Waals surface area contributed by atoms with Crippen molar-refractivity contribution in [1.29, 1.82) is 0 Å². The fraction of sp³-hybridized carbons (Fsp3) is 0.579. The molecule has 0 aliphatic heterocycles. The van der Waals surface area contributed by atoms with E-state index in [1.165, 1.54) is 25.0 Å². The fourth-order valence-electron chi connectivity index (χ4n) is 2.65. The lowest BCUT2D eigenvalue weighted by Gasteiger charge is -2.21. The van der Waals surface area contributed by atoms with Gasteiger partial charge >= 0.3 is 0 Å². The van der Waals surface area contributed by atoms with Crippen molar-refractivity contribution < 1.29 is 13.5 Å². The summed E-state index contributed by atoms with van der Waals surface area (Å²) >= 11 is 0. The van der Waals surface area contributed by atoms with E-state index in [4.69, 9.17) is 4.74 Å². The second kappa shape index (κ2) is 8.17. The molecule has 1 saturated carbocycles. The molecule has 0 bridgehead atoms. The Kier molecular flexibility index (Phi) is 6.24. The van der Waals surface area contributed by atoms with Crippen molar-refractivity contribution in [2.45, 2.75) is 52.4 Å². The van der Waals surface area contributed by atoms with Crippen LogP contribution >= 0.6 is 0 Å². The van der Waals surface area contributed by atoms with Crippen molar-refractivity contribution in [3.8, 4) is 17.6 Å². The molecule has 1 aliphatic rings. The summed E-state index contributed by atoms with van der Waals surface area (Å²) in [6.07, 6.45) is 6.21. The summed E-state index contributed by atoms with van der Waals surface area (Å²) in [6, 6.07) is 2.99. The van der Waals surface area contributed by atoms with Gasteiger partial charge in [-0.25, -0.2) is 4.39 Å². The van der Waals surface area contributed by atoms with Crippen LogP contribution in [0.2, 0.25) is 0 Å². The zero-order chi connectivity index (χ0) is 15.9. The Morgan fingerprint density at radius 3 is 2.55 bits per heavy atom. The van der Waals surface area contributed by atoms with Crippen LogP contribution in [0.25, 0.3) is 0 Å². The van der Waals surface area contributed by atoms with Gasteiger partial charge in [-0.15, -0.1) is 0 Å². The van der Waals surface area contributed by atoms with Gasteiger partial charge in [-0.2, -0.15) is 4.39 Å². The topological polar surface area (TPSA) is 9.23 Å². The molecule has 3 heteroatoms. The second-order valence-electron chi connectivity index (χ2n) is 6.17. The lowest BCUT2D eigenvalue weighted by molar-refractivity contribution is 0.288. The van der Waals surface area contributed by atoms with Crippen molar-refractivity contribution in [2.75, 3.05) is 6.61 Å². The van der Waals surface area contributed by atoms with Crippen LogP contribution < -0.4 is 4.74 Å². The van der Waals surface area contributed by atoms with E-state index in [1.54, 1.807) is 0 Å². The summed E-state index contributed by atoms with van der Waals surface area (Å²) in [4.78, 5) is 0. The largest absolute Gasteiger partial charge is 0.490 e. The maximum Gasteiger partial charge on any atom is 0.201 e. The minimum Gasteiger partial charge on any atom is -0.490 e. The Bertz CT molecular complexity index is 549. The molecule has 1 aromatic rings. The molecule has 0 unspecified atom stereocenters. The summed E-state index contributed by atoms with van der Waals surface area (Å²) in [6.45, 7) is 4.67.